The first-order valence-electron chi connectivity index (χ1n) is 5.11. The second-order valence-corrected chi connectivity index (χ2v) is 3.68. The van der Waals surface area contributed by atoms with Crippen molar-refractivity contribution in [3.05, 3.63) is 12.5 Å². The smallest absolute Gasteiger partial charge is 0.224 e. The SMILES string of the molecule is CC(CCN)CCC(=O)Nc1cnoc1. The van der Waals surface area contributed by atoms with Crippen molar-refractivity contribution in [2.75, 3.05) is 11.9 Å². The van der Waals surface area contributed by atoms with Crippen LogP contribution in [0.25, 0.3) is 0 Å². The van der Waals surface area contributed by atoms with Gasteiger partial charge in [0, 0.05) is 6.42 Å². The van der Waals surface area contributed by atoms with Crippen LogP contribution in [0.3, 0.4) is 0 Å². The van der Waals surface area contributed by atoms with Crippen molar-refractivity contribution in [1.29, 1.82) is 0 Å². The first-order chi connectivity index (χ1) is 7.22. The highest BCUT2D eigenvalue weighted by Crippen LogP contribution is 2.11. The molecule has 1 heterocycles. The normalized spacial score (nSPS) is 12.4. The van der Waals surface area contributed by atoms with E-state index in [1.165, 1.54) is 12.5 Å². The average Bonchev–Trinajstić information content (AvgIpc) is 2.68. The highest BCUT2D eigenvalue weighted by Gasteiger charge is 2.07. The highest BCUT2D eigenvalue weighted by molar-refractivity contribution is 5.90. The molecule has 1 atom stereocenters. The van der Waals surface area contributed by atoms with Gasteiger partial charge in [-0.05, 0) is 25.3 Å². The predicted octanol–water partition coefficient (Wildman–Crippen LogP) is 1.38. The molecule has 0 fully saturated rings. The van der Waals surface area contributed by atoms with E-state index in [0.29, 0.717) is 24.6 Å². The average molecular weight is 211 g/mol. The summed E-state index contributed by atoms with van der Waals surface area (Å²) in [4.78, 5) is 11.4. The van der Waals surface area contributed by atoms with Gasteiger partial charge >= 0.3 is 0 Å². The lowest BCUT2D eigenvalue weighted by molar-refractivity contribution is -0.116. The molecule has 0 aliphatic heterocycles. The molecule has 5 heteroatoms. The third-order valence-corrected chi connectivity index (χ3v) is 2.24. The Labute approximate surface area is 89.0 Å². The van der Waals surface area contributed by atoms with Crippen LogP contribution in [0.2, 0.25) is 0 Å². The van der Waals surface area contributed by atoms with Gasteiger partial charge in [0.05, 0.1) is 6.20 Å². The van der Waals surface area contributed by atoms with Crippen molar-refractivity contribution in [2.45, 2.75) is 26.2 Å². The van der Waals surface area contributed by atoms with Crippen molar-refractivity contribution >= 4 is 11.6 Å². The summed E-state index contributed by atoms with van der Waals surface area (Å²) >= 11 is 0. The van der Waals surface area contributed by atoms with Gasteiger partial charge in [0.15, 0.2) is 0 Å². The van der Waals surface area contributed by atoms with Gasteiger partial charge < -0.3 is 15.6 Å². The number of nitrogens with one attached hydrogen (secondary N) is 1. The van der Waals surface area contributed by atoms with E-state index in [9.17, 15) is 4.79 Å². The minimum absolute atomic E-state index is 0.0120. The molecular formula is C10H17N3O2. The molecule has 0 radical (unpaired) electrons. The van der Waals surface area contributed by atoms with Gasteiger partial charge in [0.2, 0.25) is 5.91 Å². The molecule has 1 rings (SSSR count). The fourth-order valence-electron chi connectivity index (χ4n) is 1.30. The fourth-order valence-corrected chi connectivity index (χ4v) is 1.30. The molecule has 0 saturated carbocycles. The monoisotopic (exact) mass is 211 g/mol. The van der Waals surface area contributed by atoms with E-state index < -0.39 is 0 Å². The molecule has 1 unspecified atom stereocenters. The van der Waals surface area contributed by atoms with E-state index in [4.69, 9.17) is 5.73 Å². The lowest BCUT2D eigenvalue weighted by atomic mass is 10.0. The van der Waals surface area contributed by atoms with Gasteiger partial charge in [-0.15, -0.1) is 0 Å². The number of nitrogens with two attached hydrogens (primary N) is 1. The summed E-state index contributed by atoms with van der Waals surface area (Å²) in [5.41, 5.74) is 6.03. The number of hydrogen-bond acceptors (Lipinski definition) is 4. The van der Waals surface area contributed by atoms with Crippen molar-refractivity contribution in [3.8, 4) is 0 Å². The van der Waals surface area contributed by atoms with Gasteiger partial charge in [-0.3, -0.25) is 4.79 Å². The van der Waals surface area contributed by atoms with E-state index in [1.54, 1.807) is 0 Å². The van der Waals surface area contributed by atoms with Crippen molar-refractivity contribution in [3.63, 3.8) is 0 Å². The number of aromatic nitrogens is 1. The van der Waals surface area contributed by atoms with Crippen LogP contribution in [0.15, 0.2) is 17.0 Å². The van der Waals surface area contributed by atoms with E-state index in [2.05, 4.69) is 21.9 Å². The number of carbonyl (C=O) groups excluding carboxylic acids is 1. The molecule has 0 aliphatic rings. The Morgan fingerprint density at radius 2 is 2.47 bits per heavy atom. The van der Waals surface area contributed by atoms with Gasteiger partial charge in [-0.2, -0.15) is 0 Å². The summed E-state index contributed by atoms with van der Waals surface area (Å²) in [7, 11) is 0. The van der Waals surface area contributed by atoms with Crippen molar-refractivity contribution in [1.82, 2.24) is 5.16 Å². The molecule has 1 amide bonds. The molecule has 0 spiro atoms. The number of anilines is 1. The maximum Gasteiger partial charge on any atom is 0.224 e. The second-order valence-electron chi connectivity index (χ2n) is 3.68. The third kappa shape index (κ3) is 4.60. The molecule has 0 aromatic carbocycles. The summed E-state index contributed by atoms with van der Waals surface area (Å²) in [6, 6.07) is 0. The molecule has 1 aromatic rings. The van der Waals surface area contributed by atoms with E-state index in [-0.39, 0.29) is 5.91 Å². The first-order valence-corrected chi connectivity index (χ1v) is 5.11. The lowest BCUT2D eigenvalue weighted by Crippen LogP contribution is -2.13. The molecule has 0 saturated heterocycles. The number of amides is 1. The van der Waals surface area contributed by atoms with Crippen LogP contribution in [-0.4, -0.2) is 17.6 Å². The highest BCUT2D eigenvalue weighted by atomic mass is 16.5. The van der Waals surface area contributed by atoms with E-state index in [0.717, 1.165) is 12.8 Å². The summed E-state index contributed by atoms with van der Waals surface area (Å²) in [5.74, 6) is 0.477. The molecule has 5 nitrogen and oxygen atoms in total. The fraction of sp³-hybridized carbons (Fsp3) is 0.600. The third-order valence-electron chi connectivity index (χ3n) is 2.24. The Morgan fingerprint density at radius 1 is 1.67 bits per heavy atom. The number of rotatable bonds is 6. The summed E-state index contributed by atoms with van der Waals surface area (Å²) in [6.45, 7) is 2.77. The van der Waals surface area contributed by atoms with Crippen LogP contribution in [-0.2, 0) is 4.79 Å². The van der Waals surface area contributed by atoms with Crippen LogP contribution in [0, 0.1) is 5.92 Å². The Morgan fingerprint density at radius 3 is 3.07 bits per heavy atom. The zero-order valence-electron chi connectivity index (χ0n) is 8.90. The maximum absolute atomic E-state index is 11.4. The van der Waals surface area contributed by atoms with Gasteiger partial charge in [0.1, 0.15) is 12.0 Å². The molecule has 15 heavy (non-hydrogen) atoms. The summed E-state index contributed by atoms with van der Waals surface area (Å²) < 4.78 is 4.60. The largest absolute Gasteiger partial charge is 0.363 e. The minimum Gasteiger partial charge on any atom is -0.363 e. The topological polar surface area (TPSA) is 81.2 Å². The van der Waals surface area contributed by atoms with Gasteiger partial charge in [-0.1, -0.05) is 12.1 Å². The Balaban J connectivity index is 2.19. The Bertz CT molecular complexity index is 285. The molecule has 0 aliphatic carbocycles. The standard InChI is InChI=1S/C10H17N3O2/c1-8(4-5-11)2-3-10(14)13-9-6-12-15-7-9/h6-8H,2-5,11H2,1H3,(H,13,14). The molecule has 84 valence electrons. The molecule has 1 aromatic heterocycles. The zero-order valence-corrected chi connectivity index (χ0v) is 8.90. The van der Waals surface area contributed by atoms with Gasteiger partial charge in [0.25, 0.3) is 0 Å². The van der Waals surface area contributed by atoms with Crippen LogP contribution in [0.1, 0.15) is 26.2 Å². The van der Waals surface area contributed by atoms with Gasteiger partial charge in [-0.25, -0.2) is 0 Å². The number of hydrogen-bond donors (Lipinski definition) is 2. The number of nitrogens with zero attached hydrogens (tertiary/aromatic N) is 1. The van der Waals surface area contributed by atoms with Crippen LogP contribution in [0.5, 0.6) is 0 Å². The Hall–Kier alpha value is -1.36. The molecular weight excluding hydrogens is 194 g/mol. The Kier molecular flexibility index (Phi) is 4.83. The molecule has 0 bridgehead atoms. The van der Waals surface area contributed by atoms with Crippen molar-refractivity contribution < 1.29 is 9.32 Å². The lowest BCUT2D eigenvalue weighted by Gasteiger charge is -2.08. The minimum atomic E-state index is -0.0120. The van der Waals surface area contributed by atoms with Crippen molar-refractivity contribution in [2.24, 2.45) is 11.7 Å². The van der Waals surface area contributed by atoms with E-state index >= 15 is 0 Å². The summed E-state index contributed by atoms with van der Waals surface area (Å²) in [6.07, 6.45) is 5.20. The van der Waals surface area contributed by atoms with Crippen LogP contribution < -0.4 is 11.1 Å². The van der Waals surface area contributed by atoms with E-state index in [1.807, 2.05) is 0 Å². The van der Waals surface area contributed by atoms with Crippen LogP contribution in [0.4, 0.5) is 5.69 Å². The van der Waals surface area contributed by atoms with Crippen LogP contribution >= 0.6 is 0 Å². The molecule has 3 N–H and O–H groups in total. The second kappa shape index (κ2) is 6.19. The summed E-state index contributed by atoms with van der Waals surface area (Å²) in [5, 5.41) is 6.19. The maximum atomic E-state index is 11.4. The zero-order chi connectivity index (χ0) is 11.1. The first kappa shape index (κ1) is 11.7. The quantitative estimate of drug-likeness (QED) is 0.744. The number of carbonyl (C=O) groups is 1. The predicted molar refractivity (Wildman–Crippen MR) is 57.2 cm³/mol.